The van der Waals surface area contributed by atoms with Crippen molar-refractivity contribution >= 4 is 40.5 Å². The Balaban J connectivity index is 1.49. The minimum absolute atomic E-state index is 0.0363. The molecule has 3 N–H and O–H groups in total. The third-order valence-corrected chi connectivity index (χ3v) is 5.82. The number of carbonyl (C=O) groups is 2. The molecule has 0 radical (unpaired) electrons. The molecule has 0 aliphatic heterocycles. The van der Waals surface area contributed by atoms with E-state index in [2.05, 4.69) is 36.7 Å². The molecule has 6 heteroatoms. The van der Waals surface area contributed by atoms with Crippen molar-refractivity contribution < 1.29 is 9.59 Å². The number of hydrogen-bond acceptors (Lipinski definition) is 3. The molecule has 0 bridgehead atoms. The summed E-state index contributed by atoms with van der Waals surface area (Å²) in [5.74, 6) is 0.289. The fourth-order valence-corrected chi connectivity index (χ4v) is 4.01. The maximum atomic E-state index is 12.5. The van der Waals surface area contributed by atoms with Crippen molar-refractivity contribution in [2.75, 3.05) is 10.6 Å². The van der Waals surface area contributed by atoms with Crippen molar-refractivity contribution in [2.45, 2.75) is 58.3 Å². The van der Waals surface area contributed by atoms with E-state index < -0.39 is 0 Å². The summed E-state index contributed by atoms with van der Waals surface area (Å²) in [6, 6.07) is 14.9. The number of anilines is 2. The third-order valence-electron chi connectivity index (χ3n) is 5.62. The zero-order valence-corrected chi connectivity index (χ0v) is 19.3. The molecule has 1 saturated carbocycles. The summed E-state index contributed by atoms with van der Waals surface area (Å²) in [7, 11) is 0. The second-order valence-corrected chi connectivity index (χ2v) is 9.62. The lowest BCUT2D eigenvalue weighted by Crippen LogP contribution is -2.34. The van der Waals surface area contributed by atoms with Gasteiger partial charge >= 0.3 is 0 Å². The zero-order valence-electron chi connectivity index (χ0n) is 18.5. The number of nitrogens with one attached hydrogen (secondary N) is 3. The van der Waals surface area contributed by atoms with E-state index in [0.29, 0.717) is 28.7 Å². The summed E-state index contributed by atoms with van der Waals surface area (Å²) in [6.07, 6.45) is 5.21. The van der Waals surface area contributed by atoms with E-state index in [0.717, 1.165) is 18.5 Å². The molecular formula is C25H31N3O2S. The van der Waals surface area contributed by atoms with Gasteiger partial charge < -0.3 is 16.0 Å². The Morgan fingerprint density at radius 2 is 1.45 bits per heavy atom. The van der Waals surface area contributed by atoms with Gasteiger partial charge in [-0.2, -0.15) is 0 Å². The highest BCUT2D eigenvalue weighted by Crippen LogP contribution is 2.27. The van der Waals surface area contributed by atoms with Crippen molar-refractivity contribution in [3.8, 4) is 0 Å². The highest BCUT2D eigenvalue weighted by atomic mass is 32.1. The Labute approximate surface area is 190 Å². The molecule has 0 spiro atoms. The molecule has 31 heavy (non-hydrogen) atoms. The Kier molecular flexibility index (Phi) is 7.44. The first-order chi connectivity index (χ1) is 14.7. The van der Waals surface area contributed by atoms with Crippen LogP contribution >= 0.6 is 12.2 Å². The average molecular weight is 438 g/mol. The zero-order chi connectivity index (χ0) is 22.4. The molecule has 2 amide bonds. The van der Waals surface area contributed by atoms with E-state index in [1.165, 1.54) is 18.4 Å². The minimum atomic E-state index is -0.157. The number of amides is 2. The first-order valence-corrected chi connectivity index (χ1v) is 11.2. The predicted molar refractivity (Wildman–Crippen MR) is 130 cm³/mol. The maximum absolute atomic E-state index is 12.5. The van der Waals surface area contributed by atoms with E-state index in [-0.39, 0.29) is 17.2 Å². The summed E-state index contributed by atoms with van der Waals surface area (Å²) in [5, 5.41) is 8.96. The van der Waals surface area contributed by atoms with Crippen LogP contribution in [-0.4, -0.2) is 16.9 Å². The van der Waals surface area contributed by atoms with Crippen LogP contribution in [0.3, 0.4) is 0 Å². The highest BCUT2D eigenvalue weighted by molar-refractivity contribution is 7.80. The highest BCUT2D eigenvalue weighted by Gasteiger charge is 2.19. The van der Waals surface area contributed by atoms with Gasteiger partial charge in [-0.1, -0.05) is 45.7 Å². The van der Waals surface area contributed by atoms with Crippen LogP contribution in [0.4, 0.5) is 11.4 Å². The first-order valence-electron chi connectivity index (χ1n) is 10.8. The van der Waals surface area contributed by atoms with Crippen LogP contribution in [0, 0.1) is 5.92 Å². The number of benzene rings is 2. The molecule has 1 fully saturated rings. The summed E-state index contributed by atoms with van der Waals surface area (Å²) in [4.78, 5) is 24.6. The monoisotopic (exact) mass is 437 g/mol. The number of hydrogen-bond donors (Lipinski definition) is 3. The Morgan fingerprint density at radius 3 is 2.00 bits per heavy atom. The molecule has 164 valence electrons. The first kappa shape index (κ1) is 22.9. The summed E-state index contributed by atoms with van der Waals surface area (Å²) >= 11 is 5.24. The number of thiocarbonyl (C=S) groups is 1. The molecule has 0 aromatic heterocycles. The smallest absolute Gasteiger partial charge is 0.255 e. The van der Waals surface area contributed by atoms with Gasteiger partial charge in [0.25, 0.3) is 5.91 Å². The van der Waals surface area contributed by atoms with Gasteiger partial charge in [-0.05, 0) is 78.4 Å². The molecule has 2 aromatic rings. The average Bonchev–Trinajstić information content (AvgIpc) is 3.21. The third kappa shape index (κ3) is 6.89. The minimum Gasteiger partial charge on any atom is -0.332 e. The van der Waals surface area contributed by atoms with Gasteiger partial charge in [-0.3, -0.25) is 9.59 Å². The molecule has 5 nitrogen and oxygen atoms in total. The van der Waals surface area contributed by atoms with Gasteiger partial charge in [0.05, 0.1) is 0 Å². The van der Waals surface area contributed by atoms with E-state index >= 15 is 0 Å². The quantitative estimate of drug-likeness (QED) is 0.530. The largest absolute Gasteiger partial charge is 0.332 e. The van der Waals surface area contributed by atoms with Crippen LogP contribution in [0.2, 0.25) is 0 Å². The topological polar surface area (TPSA) is 70.2 Å². The lowest BCUT2D eigenvalue weighted by Gasteiger charge is -2.19. The van der Waals surface area contributed by atoms with Gasteiger partial charge in [-0.25, -0.2) is 0 Å². The van der Waals surface area contributed by atoms with Crippen molar-refractivity contribution in [1.29, 1.82) is 0 Å². The Hall–Kier alpha value is -2.73. The van der Waals surface area contributed by atoms with Crippen LogP contribution in [0.15, 0.2) is 48.5 Å². The van der Waals surface area contributed by atoms with Crippen LogP contribution in [0.5, 0.6) is 0 Å². The molecule has 0 unspecified atom stereocenters. The molecule has 3 rings (SSSR count). The second-order valence-electron chi connectivity index (χ2n) is 9.22. The van der Waals surface area contributed by atoms with Gasteiger partial charge in [0.15, 0.2) is 5.11 Å². The number of carbonyl (C=O) groups excluding carboxylic acids is 2. The van der Waals surface area contributed by atoms with E-state index in [9.17, 15) is 9.59 Å². The van der Waals surface area contributed by atoms with Crippen LogP contribution < -0.4 is 16.0 Å². The molecule has 1 aliphatic carbocycles. The predicted octanol–water partition coefficient (Wildman–Crippen LogP) is 5.63. The van der Waals surface area contributed by atoms with Crippen molar-refractivity contribution in [1.82, 2.24) is 5.32 Å². The molecule has 1 aliphatic rings. The van der Waals surface area contributed by atoms with E-state index in [4.69, 9.17) is 12.2 Å². The lowest BCUT2D eigenvalue weighted by molar-refractivity contribution is -0.120. The fraction of sp³-hybridized carbons (Fsp3) is 0.400. The van der Waals surface area contributed by atoms with Gasteiger partial charge in [0, 0.05) is 23.4 Å². The number of rotatable bonds is 5. The maximum Gasteiger partial charge on any atom is 0.255 e. The Morgan fingerprint density at radius 1 is 0.903 bits per heavy atom. The molecule has 2 aromatic carbocycles. The van der Waals surface area contributed by atoms with E-state index in [1.54, 1.807) is 12.1 Å². The second kappa shape index (κ2) is 10.1. The standard InChI is InChI=1S/C25H31N3O2S/c1-25(2,3)19-10-8-18(9-11-19)23(30)26-20-12-14-21(15-13-20)27-24(31)28-22(29)16-17-6-4-5-7-17/h8-15,17H,4-7,16H2,1-3H3,(H,26,30)(H2,27,28,29,31). The Bertz CT molecular complexity index is 925. The van der Waals surface area contributed by atoms with E-state index in [1.807, 2.05) is 36.4 Å². The molecule has 0 heterocycles. The summed E-state index contributed by atoms with van der Waals surface area (Å²) in [6.45, 7) is 6.43. The van der Waals surface area contributed by atoms with Crippen LogP contribution in [-0.2, 0) is 10.2 Å². The van der Waals surface area contributed by atoms with Crippen molar-refractivity contribution in [3.63, 3.8) is 0 Å². The fourth-order valence-electron chi connectivity index (χ4n) is 3.78. The van der Waals surface area contributed by atoms with Crippen molar-refractivity contribution in [2.24, 2.45) is 5.92 Å². The SMILES string of the molecule is CC(C)(C)c1ccc(C(=O)Nc2ccc(NC(=S)NC(=O)CC3CCCC3)cc2)cc1. The van der Waals surface area contributed by atoms with Gasteiger partial charge in [0.2, 0.25) is 5.91 Å². The molecule has 0 saturated heterocycles. The summed E-state index contributed by atoms with van der Waals surface area (Å²) < 4.78 is 0. The normalized spacial score (nSPS) is 14.2. The van der Waals surface area contributed by atoms with Crippen LogP contribution in [0.25, 0.3) is 0 Å². The molecular weight excluding hydrogens is 406 g/mol. The lowest BCUT2D eigenvalue weighted by atomic mass is 9.87. The van der Waals surface area contributed by atoms with Gasteiger partial charge in [0.1, 0.15) is 0 Å². The molecule has 0 atom stereocenters. The van der Waals surface area contributed by atoms with Crippen LogP contribution in [0.1, 0.15) is 68.8 Å². The van der Waals surface area contributed by atoms with Gasteiger partial charge in [-0.15, -0.1) is 0 Å². The van der Waals surface area contributed by atoms with Crippen molar-refractivity contribution in [3.05, 3.63) is 59.7 Å². The summed E-state index contributed by atoms with van der Waals surface area (Å²) in [5.41, 5.74) is 3.28.